The quantitative estimate of drug-likeness (QED) is 0.585. The van der Waals surface area contributed by atoms with Gasteiger partial charge in [-0.15, -0.1) is 11.8 Å². The first kappa shape index (κ1) is 11.1. The summed E-state index contributed by atoms with van der Waals surface area (Å²) < 4.78 is 0. The van der Waals surface area contributed by atoms with Crippen molar-refractivity contribution in [1.29, 1.82) is 0 Å². The maximum absolute atomic E-state index is 3.24. The van der Waals surface area contributed by atoms with E-state index in [1.54, 1.807) is 0 Å². The van der Waals surface area contributed by atoms with Crippen LogP contribution in [0.3, 0.4) is 0 Å². The van der Waals surface area contributed by atoms with Gasteiger partial charge < -0.3 is 0 Å². The molecular formula is C14H20. The van der Waals surface area contributed by atoms with E-state index in [1.165, 1.54) is 18.4 Å². The van der Waals surface area contributed by atoms with Gasteiger partial charge in [-0.25, -0.2) is 0 Å². The van der Waals surface area contributed by atoms with Crippen molar-refractivity contribution >= 4 is 0 Å². The molecule has 0 aliphatic heterocycles. The lowest BCUT2D eigenvalue weighted by Gasteiger charge is -2.03. The van der Waals surface area contributed by atoms with Gasteiger partial charge in [-0.3, -0.25) is 0 Å². The Hall–Kier alpha value is -0.960. The monoisotopic (exact) mass is 188 g/mol. The van der Waals surface area contributed by atoms with E-state index in [1.807, 2.05) is 0 Å². The first-order valence-electron chi connectivity index (χ1n) is 5.60. The molecule has 0 heterocycles. The summed E-state index contributed by atoms with van der Waals surface area (Å²) in [4.78, 5) is 0. The predicted molar refractivity (Wildman–Crippen MR) is 62.9 cm³/mol. The second-order valence-electron chi connectivity index (χ2n) is 4.21. The van der Waals surface area contributed by atoms with Gasteiger partial charge in [-0.2, -0.15) is 0 Å². The summed E-state index contributed by atoms with van der Waals surface area (Å²) in [5, 5.41) is 0. The summed E-state index contributed by atoms with van der Waals surface area (Å²) in [5.74, 6) is 7.17. The SMILES string of the molecule is CC(C)CC#CCCC1=CCCC=C1. The Balaban J connectivity index is 2.16. The lowest BCUT2D eigenvalue weighted by atomic mass is 10.0. The largest absolute Gasteiger partial charge is 0.103 e. The van der Waals surface area contributed by atoms with Gasteiger partial charge in [0.1, 0.15) is 0 Å². The van der Waals surface area contributed by atoms with E-state index in [-0.39, 0.29) is 0 Å². The molecule has 0 aromatic heterocycles. The van der Waals surface area contributed by atoms with Crippen LogP contribution in [0.4, 0.5) is 0 Å². The normalized spacial score (nSPS) is 14.9. The molecule has 76 valence electrons. The van der Waals surface area contributed by atoms with E-state index in [0.29, 0.717) is 5.92 Å². The number of allylic oxidation sites excluding steroid dienone is 4. The van der Waals surface area contributed by atoms with Crippen molar-refractivity contribution in [2.24, 2.45) is 5.92 Å². The van der Waals surface area contributed by atoms with Crippen LogP contribution in [0.1, 0.15) is 46.0 Å². The van der Waals surface area contributed by atoms with Crippen LogP contribution in [-0.2, 0) is 0 Å². The fourth-order valence-corrected chi connectivity index (χ4v) is 1.42. The van der Waals surface area contributed by atoms with Crippen molar-refractivity contribution < 1.29 is 0 Å². The Morgan fingerprint density at radius 3 is 2.79 bits per heavy atom. The zero-order valence-electron chi connectivity index (χ0n) is 9.34. The highest BCUT2D eigenvalue weighted by Crippen LogP contribution is 2.14. The first-order valence-corrected chi connectivity index (χ1v) is 5.60. The average Bonchev–Trinajstić information content (AvgIpc) is 2.18. The summed E-state index contributed by atoms with van der Waals surface area (Å²) in [6.45, 7) is 4.42. The minimum atomic E-state index is 0.705. The fourth-order valence-electron chi connectivity index (χ4n) is 1.42. The van der Waals surface area contributed by atoms with Crippen LogP contribution in [0, 0.1) is 17.8 Å². The Morgan fingerprint density at radius 1 is 1.29 bits per heavy atom. The molecule has 0 saturated heterocycles. The third-order valence-electron chi connectivity index (χ3n) is 2.25. The van der Waals surface area contributed by atoms with Gasteiger partial charge in [0, 0.05) is 12.8 Å². The van der Waals surface area contributed by atoms with E-state index in [9.17, 15) is 0 Å². The molecule has 0 saturated carbocycles. The van der Waals surface area contributed by atoms with Crippen molar-refractivity contribution in [2.75, 3.05) is 0 Å². The number of hydrogen-bond acceptors (Lipinski definition) is 0. The summed E-state index contributed by atoms with van der Waals surface area (Å²) >= 11 is 0. The second kappa shape index (κ2) is 6.49. The van der Waals surface area contributed by atoms with Gasteiger partial charge in [0.15, 0.2) is 0 Å². The molecule has 0 aromatic carbocycles. The summed E-state index contributed by atoms with van der Waals surface area (Å²) in [7, 11) is 0. The molecule has 0 unspecified atom stereocenters. The Labute approximate surface area is 88.1 Å². The molecule has 0 heteroatoms. The number of hydrogen-bond donors (Lipinski definition) is 0. The lowest BCUT2D eigenvalue weighted by molar-refractivity contribution is 0.675. The predicted octanol–water partition coefficient (Wildman–Crippen LogP) is 4.09. The van der Waals surface area contributed by atoms with Crippen LogP contribution < -0.4 is 0 Å². The smallest absolute Gasteiger partial charge is 0.0129 e. The Kier molecular flexibility index (Phi) is 5.15. The molecule has 0 spiro atoms. The molecule has 0 bridgehead atoms. The highest BCUT2D eigenvalue weighted by molar-refractivity contribution is 5.23. The van der Waals surface area contributed by atoms with Crippen molar-refractivity contribution in [1.82, 2.24) is 0 Å². The average molecular weight is 188 g/mol. The second-order valence-corrected chi connectivity index (χ2v) is 4.21. The van der Waals surface area contributed by atoms with Crippen LogP contribution in [0.15, 0.2) is 23.8 Å². The lowest BCUT2D eigenvalue weighted by Crippen LogP contribution is -1.85. The Morgan fingerprint density at radius 2 is 2.14 bits per heavy atom. The fraction of sp³-hybridized carbons (Fsp3) is 0.571. The first-order chi connectivity index (χ1) is 6.79. The van der Waals surface area contributed by atoms with Crippen LogP contribution in [0.5, 0.6) is 0 Å². The van der Waals surface area contributed by atoms with Crippen LogP contribution in [0.2, 0.25) is 0 Å². The highest BCUT2D eigenvalue weighted by atomic mass is 14.0. The van der Waals surface area contributed by atoms with Gasteiger partial charge in [0.2, 0.25) is 0 Å². The van der Waals surface area contributed by atoms with E-state index in [4.69, 9.17) is 0 Å². The van der Waals surface area contributed by atoms with E-state index in [0.717, 1.165) is 19.3 Å². The molecule has 1 aliphatic rings. The molecule has 0 fully saturated rings. The van der Waals surface area contributed by atoms with Crippen molar-refractivity contribution in [3.05, 3.63) is 23.8 Å². The van der Waals surface area contributed by atoms with Gasteiger partial charge >= 0.3 is 0 Å². The van der Waals surface area contributed by atoms with Crippen LogP contribution >= 0.6 is 0 Å². The zero-order chi connectivity index (χ0) is 10.2. The highest BCUT2D eigenvalue weighted by Gasteiger charge is 1.95. The van der Waals surface area contributed by atoms with Gasteiger partial charge in [-0.1, -0.05) is 37.6 Å². The molecule has 0 amide bonds. The van der Waals surface area contributed by atoms with Gasteiger partial charge in [0.25, 0.3) is 0 Å². The molecule has 0 aromatic rings. The standard InChI is InChI=1S/C14H20/c1-13(2)9-5-3-6-10-14-11-7-4-8-12-14/h7,11-13H,4,6,8-10H2,1-2H3. The Bertz CT molecular complexity index is 268. The van der Waals surface area contributed by atoms with Crippen LogP contribution in [0.25, 0.3) is 0 Å². The summed E-state index contributed by atoms with van der Waals surface area (Å²) in [6.07, 6.45) is 12.4. The minimum absolute atomic E-state index is 0.705. The van der Waals surface area contributed by atoms with E-state index in [2.05, 4.69) is 43.9 Å². The van der Waals surface area contributed by atoms with Crippen molar-refractivity contribution in [3.8, 4) is 11.8 Å². The summed E-state index contributed by atoms with van der Waals surface area (Å²) in [6, 6.07) is 0. The maximum Gasteiger partial charge on any atom is 0.0129 e. The molecule has 14 heavy (non-hydrogen) atoms. The zero-order valence-corrected chi connectivity index (χ0v) is 9.34. The van der Waals surface area contributed by atoms with Crippen LogP contribution in [-0.4, -0.2) is 0 Å². The summed E-state index contributed by atoms with van der Waals surface area (Å²) in [5.41, 5.74) is 1.47. The van der Waals surface area contributed by atoms with Gasteiger partial charge in [-0.05, 0) is 25.2 Å². The van der Waals surface area contributed by atoms with E-state index < -0.39 is 0 Å². The molecule has 0 atom stereocenters. The number of rotatable bonds is 3. The molecule has 1 aliphatic carbocycles. The molecule has 0 nitrogen and oxygen atoms in total. The topological polar surface area (TPSA) is 0 Å². The molecular weight excluding hydrogens is 168 g/mol. The third-order valence-corrected chi connectivity index (χ3v) is 2.25. The minimum Gasteiger partial charge on any atom is -0.103 e. The molecule has 1 rings (SSSR count). The maximum atomic E-state index is 3.24. The van der Waals surface area contributed by atoms with Crippen molar-refractivity contribution in [2.45, 2.75) is 46.0 Å². The van der Waals surface area contributed by atoms with E-state index >= 15 is 0 Å². The molecule has 0 N–H and O–H groups in total. The third kappa shape index (κ3) is 4.92. The van der Waals surface area contributed by atoms with Gasteiger partial charge in [0.05, 0.1) is 0 Å². The molecule has 0 radical (unpaired) electrons. The van der Waals surface area contributed by atoms with Crippen molar-refractivity contribution in [3.63, 3.8) is 0 Å².